The van der Waals surface area contributed by atoms with Crippen LogP contribution >= 0.6 is 0 Å². The first-order valence-corrected chi connectivity index (χ1v) is 7.54. The highest BCUT2D eigenvalue weighted by Crippen LogP contribution is 2.38. The summed E-state index contributed by atoms with van der Waals surface area (Å²) in [5, 5.41) is 3.51. The van der Waals surface area contributed by atoms with Crippen LogP contribution in [0.5, 0.6) is 0 Å². The van der Waals surface area contributed by atoms with E-state index in [4.69, 9.17) is 0 Å². The predicted octanol–water partition coefficient (Wildman–Crippen LogP) is 1.82. The van der Waals surface area contributed by atoms with Gasteiger partial charge in [-0.3, -0.25) is 15.1 Å². The van der Waals surface area contributed by atoms with E-state index in [1.54, 1.807) is 11.9 Å². The van der Waals surface area contributed by atoms with Gasteiger partial charge in [0, 0.05) is 31.0 Å². The van der Waals surface area contributed by atoms with Crippen LogP contribution in [-0.4, -0.2) is 34.4 Å². The molecule has 1 fully saturated rings. The summed E-state index contributed by atoms with van der Waals surface area (Å²) in [6.45, 7) is 2.08. The number of imide groups is 1. The summed E-state index contributed by atoms with van der Waals surface area (Å²) in [6, 6.07) is 7.99. The molecule has 4 rings (SSSR count). The number of aryl methyl sites for hydroxylation is 1. The van der Waals surface area contributed by atoms with Gasteiger partial charge in [-0.05, 0) is 35.7 Å². The maximum atomic E-state index is 12.3. The number of pyridine rings is 1. The normalized spacial score (nSPS) is 23.5. The van der Waals surface area contributed by atoms with Gasteiger partial charge in [0.2, 0.25) is 0 Å². The third-order valence-corrected chi connectivity index (χ3v) is 4.99. The van der Waals surface area contributed by atoms with Gasteiger partial charge in [-0.15, -0.1) is 0 Å². The largest absolute Gasteiger partial charge is 0.324 e. The summed E-state index contributed by atoms with van der Waals surface area (Å²) >= 11 is 0. The first-order chi connectivity index (χ1) is 10.5. The molecule has 22 heavy (non-hydrogen) atoms. The van der Waals surface area contributed by atoms with Crippen LogP contribution in [0.1, 0.15) is 23.7 Å². The summed E-state index contributed by atoms with van der Waals surface area (Å²) in [4.78, 5) is 30.3. The highest BCUT2D eigenvalue weighted by Gasteiger charge is 2.54. The van der Waals surface area contributed by atoms with Crippen molar-refractivity contribution in [2.24, 2.45) is 0 Å². The topological polar surface area (TPSA) is 62.3 Å². The van der Waals surface area contributed by atoms with Gasteiger partial charge < -0.3 is 4.90 Å². The van der Waals surface area contributed by atoms with Gasteiger partial charge in [-0.25, -0.2) is 4.79 Å². The van der Waals surface area contributed by atoms with Crippen LogP contribution in [-0.2, 0) is 24.1 Å². The molecule has 0 unspecified atom stereocenters. The second-order valence-corrected chi connectivity index (χ2v) is 6.17. The maximum absolute atomic E-state index is 12.3. The Morgan fingerprint density at radius 1 is 1.23 bits per heavy atom. The number of amides is 3. The Morgan fingerprint density at radius 2 is 1.95 bits per heavy atom. The van der Waals surface area contributed by atoms with E-state index in [2.05, 4.69) is 35.4 Å². The number of fused-ring (bicyclic) bond motifs is 2. The van der Waals surface area contributed by atoms with E-state index in [0.717, 1.165) is 34.1 Å². The molecule has 0 radical (unpaired) electrons. The van der Waals surface area contributed by atoms with E-state index in [1.165, 1.54) is 0 Å². The Balaban J connectivity index is 1.82. The molecule has 1 aliphatic heterocycles. The first-order valence-electron chi connectivity index (χ1n) is 7.54. The number of rotatable bonds is 1. The quantitative estimate of drug-likeness (QED) is 0.816. The van der Waals surface area contributed by atoms with Gasteiger partial charge in [0.05, 0.1) is 5.52 Å². The molecular weight excluding hydrogens is 278 g/mol. The van der Waals surface area contributed by atoms with E-state index >= 15 is 0 Å². The highest BCUT2D eigenvalue weighted by molar-refractivity contribution is 6.07. The molecule has 5 nitrogen and oxygen atoms in total. The zero-order valence-electron chi connectivity index (χ0n) is 12.6. The number of aromatic nitrogens is 1. The van der Waals surface area contributed by atoms with Gasteiger partial charge >= 0.3 is 6.03 Å². The lowest BCUT2D eigenvalue weighted by Crippen LogP contribution is -2.48. The summed E-state index contributed by atoms with van der Waals surface area (Å²) in [5.41, 5.74) is 3.51. The number of hydrogen-bond donors (Lipinski definition) is 1. The molecule has 2 aromatic rings. The lowest BCUT2D eigenvalue weighted by molar-refractivity contribution is -0.125. The van der Waals surface area contributed by atoms with E-state index in [1.807, 2.05) is 6.07 Å². The minimum absolute atomic E-state index is 0.192. The number of nitrogens with one attached hydrogen (secondary N) is 1. The number of hydrogen-bond acceptors (Lipinski definition) is 3. The molecule has 2 heterocycles. The molecule has 1 atom stereocenters. The zero-order valence-corrected chi connectivity index (χ0v) is 12.6. The van der Waals surface area contributed by atoms with Crippen LogP contribution in [0.2, 0.25) is 0 Å². The lowest BCUT2D eigenvalue weighted by Gasteiger charge is -2.27. The van der Waals surface area contributed by atoms with Crippen LogP contribution in [0.4, 0.5) is 4.79 Å². The van der Waals surface area contributed by atoms with Crippen molar-refractivity contribution in [3.05, 3.63) is 41.1 Å². The third-order valence-electron chi connectivity index (χ3n) is 4.99. The van der Waals surface area contributed by atoms with Crippen LogP contribution in [0.15, 0.2) is 24.3 Å². The van der Waals surface area contributed by atoms with Gasteiger partial charge in [-0.1, -0.05) is 13.0 Å². The number of likely N-dealkylation sites (N-methyl/N-ethyl adjacent to an activating group) is 1. The van der Waals surface area contributed by atoms with Crippen molar-refractivity contribution in [3.8, 4) is 0 Å². The molecule has 1 aromatic heterocycles. The molecule has 2 aliphatic rings. The molecular formula is C17H17N3O2. The van der Waals surface area contributed by atoms with Gasteiger partial charge in [0.1, 0.15) is 5.54 Å². The molecule has 0 bridgehead atoms. The van der Waals surface area contributed by atoms with Crippen LogP contribution in [0, 0.1) is 0 Å². The Labute approximate surface area is 128 Å². The molecule has 1 aromatic carbocycles. The van der Waals surface area contributed by atoms with E-state index in [-0.39, 0.29) is 11.9 Å². The number of carbonyl (C=O) groups excluding carboxylic acids is 2. The number of carbonyl (C=O) groups is 2. The molecule has 112 valence electrons. The van der Waals surface area contributed by atoms with Crippen molar-refractivity contribution in [1.29, 1.82) is 0 Å². The smallest absolute Gasteiger partial charge is 0.312 e. The van der Waals surface area contributed by atoms with Crippen LogP contribution in [0.25, 0.3) is 10.9 Å². The fraction of sp³-hybridized carbons (Fsp3) is 0.353. The third kappa shape index (κ3) is 1.62. The van der Waals surface area contributed by atoms with Crippen molar-refractivity contribution >= 4 is 22.8 Å². The summed E-state index contributed by atoms with van der Waals surface area (Å²) in [6.07, 6.45) is 2.03. The van der Waals surface area contributed by atoms with Crippen molar-refractivity contribution in [1.82, 2.24) is 15.2 Å². The van der Waals surface area contributed by atoms with Crippen LogP contribution in [0.3, 0.4) is 0 Å². The zero-order chi connectivity index (χ0) is 15.5. The number of nitrogens with zero attached hydrogens (tertiary/aromatic N) is 2. The van der Waals surface area contributed by atoms with E-state index in [0.29, 0.717) is 12.8 Å². The molecule has 1 saturated heterocycles. The summed E-state index contributed by atoms with van der Waals surface area (Å²) < 4.78 is 0. The molecule has 5 heteroatoms. The Hall–Kier alpha value is -2.43. The standard InChI is InChI=1S/C17H17N3O2/c1-3-13-5-4-10-6-11-8-17(9-12(11)7-14(10)18-13)15(21)19-16(22)20(17)2/h4-7H,3,8-9H2,1-2H3,(H,19,21,22)/t17-/m1/s1. The van der Waals surface area contributed by atoms with Crippen molar-refractivity contribution in [2.45, 2.75) is 31.7 Å². The predicted molar refractivity (Wildman–Crippen MR) is 82.6 cm³/mol. The lowest BCUT2D eigenvalue weighted by atomic mass is 9.95. The van der Waals surface area contributed by atoms with Crippen LogP contribution < -0.4 is 5.32 Å². The van der Waals surface area contributed by atoms with Gasteiger partial charge in [-0.2, -0.15) is 0 Å². The summed E-state index contributed by atoms with van der Waals surface area (Å²) in [7, 11) is 1.69. The Morgan fingerprint density at radius 3 is 2.59 bits per heavy atom. The average Bonchev–Trinajstić information content (AvgIpc) is 2.98. The molecule has 1 aliphatic carbocycles. The van der Waals surface area contributed by atoms with Crippen molar-refractivity contribution < 1.29 is 9.59 Å². The second kappa shape index (κ2) is 4.29. The van der Waals surface area contributed by atoms with Crippen molar-refractivity contribution in [2.75, 3.05) is 7.05 Å². The van der Waals surface area contributed by atoms with Crippen molar-refractivity contribution in [3.63, 3.8) is 0 Å². The number of benzene rings is 1. The molecule has 3 amide bonds. The monoisotopic (exact) mass is 295 g/mol. The second-order valence-electron chi connectivity index (χ2n) is 6.17. The fourth-order valence-corrected chi connectivity index (χ4v) is 3.56. The summed E-state index contributed by atoms with van der Waals surface area (Å²) in [5.74, 6) is -0.192. The molecule has 1 spiro atoms. The van der Waals surface area contributed by atoms with Gasteiger partial charge in [0.15, 0.2) is 0 Å². The minimum Gasteiger partial charge on any atom is -0.312 e. The molecule has 0 saturated carbocycles. The maximum Gasteiger partial charge on any atom is 0.324 e. The first kappa shape index (κ1) is 13.2. The Bertz CT molecular complexity index is 830. The Kier molecular flexibility index (Phi) is 2.58. The van der Waals surface area contributed by atoms with Gasteiger partial charge in [0.25, 0.3) is 5.91 Å². The highest BCUT2D eigenvalue weighted by atomic mass is 16.2. The minimum atomic E-state index is -0.760. The fourth-order valence-electron chi connectivity index (χ4n) is 3.56. The number of urea groups is 1. The molecule has 1 N–H and O–H groups in total. The van der Waals surface area contributed by atoms with E-state index < -0.39 is 5.54 Å². The average molecular weight is 295 g/mol. The van der Waals surface area contributed by atoms with E-state index in [9.17, 15) is 9.59 Å². The SMILES string of the molecule is CCc1ccc2cc3c(cc2n1)C[C@]1(C3)C(=O)NC(=O)N1C.